The topological polar surface area (TPSA) is 115 Å². The van der Waals surface area contributed by atoms with Crippen LogP contribution in [0.25, 0.3) is 0 Å². The Balaban J connectivity index is 2.44. The Morgan fingerprint density at radius 1 is 1.38 bits per heavy atom. The summed E-state index contributed by atoms with van der Waals surface area (Å²) in [5.41, 5.74) is 6.97. The lowest BCUT2D eigenvalue weighted by Gasteiger charge is -2.11. The van der Waals surface area contributed by atoms with Gasteiger partial charge in [0.1, 0.15) is 11.6 Å². The van der Waals surface area contributed by atoms with Crippen LogP contribution in [-0.2, 0) is 0 Å². The number of nitrogens with one attached hydrogen (secondary N) is 1. The van der Waals surface area contributed by atoms with Crippen LogP contribution in [0.3, 0.4) is 0 Å². The second-order valence-corrected chi connectivity index (χ2v) is 4.53. The van der Waals surface area contributed by atoms with E-state index in [1.165, 1.54) is 12.3 Å². The molecule has 108 valence electrons. The number of nitro groups is 1. The molecule has 0 fully saturated rings. The fourth-order valence-electron chi connectivity index (χ4n) is 1.86. The summed E-state index contributed by atoms with van der Waals surface area (Å²) in [5.74, 6) is 0.482. The molecule has 0 aliphatic rings. The first-order valence-electron chi connectivity index (χ1n) is 6.13. The Morgan fingerprint density at radius 3 is 2.71 bits per heavy atom. The number of benzene rings is 1. The first-order chi connectivity index (χ1) is 9.90. The fourth-order valence-corrected chi connectivity index (χ4v) is 1.86. The number of nitrogen functional groups attached to an aromatic ring is 1. The highest BCUT2D eigenvalue weighted by Crippen LogP contribution is 2.31. The van der Waals surface area contributed by atoms with Gasteiger partial charge in [-0.25, -0.2) is 4.98 Å². The second kappa shape index (κ2) is 5.58. The highest BCUT2D eigenvalue weighted by atomic mass is 16.6. The first kappa shape index (κ1) is 14.4. The molecule has 0 saturated carbocycles. The molecule has 3 N–H and O–H groups in total. The predicted molar refractivity (Wildman–Crippen MR) is 77.9 cm³/mol. The molecule has 0 bridgehead atoms. The Bertz CT molecular complexity index is 728. The van der Waals surface area contributed by atoms with E-state index in [1.54, 1.807) is 32.0 Å². The number of nitrogens with zero attached hydrogens (tertiary/aromatic N) is 2. The maximum atomic E-state index is 10.9. The van der Waals surface area contributed by atoms with Gasteiger partial charge in [-0.05, 0) is 37.6 Å². The molecule has 0 aliphatic heterocycles. The number of pyridine rings is 1. The summed E-state index contributed by atoms with van der Waals surface area (Å²) in [6.07, 6.45) is 1.52. The van der Waals surface area contributed by atoms with Crippen molar-refractivity contribution in [2.75, 3.05) is 0 Å². The number of amidine groups is 1. The van der Waals surface area contributed by atoms with Gasteiger partial charge in [-0.2, -0.15) is 0 Å². The van der Waals surface area contributed by atoms with Crippen LogP contribution in [-0.4, -0.2) is 15.7 Å². The molecule has 0 amide bonds. The number of nitro benzene ring substituents is 1. The highest BCUT2D eigenvalue weighted by Gasteiger charge is 2.16. The minimum Gasteiger partial charge on any atom is -0.438 e. The maximum absolute atomic E-state index is 10.9. The third-order valence-corrected chi connectivity index (χ3v) is 2.96. The zero-order valence-electron chi connectivity index (χ0n) is 11.6. The molecule has 21 heavy (non-hydrogen) atoms. The molecule has 0 saturated heterocycles. The van der Waals surface area contributed by atoms with Crippen molar-refractivity contribution in [1.29, 1.82) is 5.41 Å². The van der Waals surface area contributed by atoms with Gasteiger partial charge in [-0.1, -0.05) is 0 Å². The lowest BCUT2D eigenvalue weighted by atomic mass is 10.1. The van der Waals surface area contributed by atoms with Gasteiger partial charge in [0, 0.05) is 17.8 Å². The molecular formula is C14H14N4O3. The average Bonchev–Trinajstić information content (AvgIpc) is 2.42. The van der Waals surface area contributed by atoms with Gasteiger partial charge < -0.3 is 10.5 Å². The molecular weight excluding hydrogens is 272 g/mol. The molecule has 0 unspecified atom stereocenters. The van der Waals surface area contributed by atoms with Crippen molar-refractivity contribution in [2.24, 2.45) is 5.73 Å². The molecule has 1 aromatic heterocycles. The minimum absolute atomic E-state index is 0.0349. The molecule has 0 aliphatic carbocycles. The summed E-state index contributed by atoms with van der Waals surface area (Å²) in [6.45, 7) is 3.34. The fraction of sp³-hybridized carbons (Fsp3) is 0.143. The van der Waals surface area contributed by atoms with Gasteiger partial charge >= 0.3 is 0 Å². The number of hydrogen-bond donors (Lipinski definition) is 2. The SMILES string of the molecule is Cc1cc([N+](=O)[O-])c(C)cc1Oc1ncccc1C(=N)N. The van der Waals surface area contributed by atoms with Gasteiger partial charge in [-0.3, -0.25) is 15.5 Å². The molecule has 7 heteroatoms. The zero-order valence-corrected chi connectivity index (χ0v) is 11.6. The second-order valence-electron chi connectivity index (χ2n) is 4.53. The van der Waals surface area contributed by atoms with Crippen LogP contribution in [0, 0.1) is 29.4 Å². The van der Waals surface area contributed by atoms with Crippen LogP contribution in [0.15, 0.2) is 30.5 Å². The summed E-state index contributed by atoms with van der Waals surface area (Å²) in [5, 5.41) is 18.4. The van der Waals surface area contributed by atoms with E-state index in [0.29, 0.717) is 22.4 Å². The van der Waals surface area contributed by atoms with Crippen LogP contribution in [0.1, 0.15) is 16.7 Å². The number of aryl methyl sites for hydroxylation is 2. The van der Waals surface area contributed by atoms with Crippen molar-refractivity contribution in [3.05, 3.63) is 57.3 Å². The number of hydrogen-bond acceptors (Lipinski definition) is 5. The monoisotopic (exact) mass is 286 g/mol. The van der Waals surface area contributed by atoms with Crippen molar-refractivity contribution in [2.45, 2.75) is 13.8 Å². The average molecular weight is 286 g/mol. The van der Waals surface area contributed by atoms with Gasteiger partial charge in [-0.15, -0.1) is 0 Å². The summed E-state index contributed by atoms with van der Waals surface area (Å²) < 4.78 is 5.66. The van der Waals surface area contributed by atoms with E-state index in [2.05, 4.69) is 4.98 Å². The normalized spacial score (nSPS) is 10.2. The predicted octanol–water partition coefficient (Wildman–Crippen LogP) is 2.68. The van der Waals surface area contributed by atoms with Gasteiger partial charge in [0.15, 0.2) is 0 Å². The maximum Gasteiger partial charge on any atom is 0.272 e. The summed E-state index contributed by atoms with van der Waals surface area (Å²) >= 11 is 0. The van der Waals surface area contributed by atoms with Crippen molar-refractivity contribution >= 4 is 11.5 Å². The number of nitrogens with two attached hydrogens (primary N) is 1. The quantitative estimate of drug-likeness (QED) is 0.388. The van der Waals surface area contributed by atoms with E-state index in [9.17, 15) is 10.1 Å². The molecule has 0 atom stereocenters. The third kappa shape index (κ3) is 2.97. The summed E-state index contributed by atoms with van der Waals surface area (Å²) in [4.78, 5) is 14.5. The van der Waals surface area contributed by atoms with Crippen molar-refractivity contribution in [3.63, 3.8) is 0 Å². The Kier molecular flexibility index (Phi) is 3.84. The lowest BCUT2D eigenvalue weighted by molar-refractivity contribution is -0.385. The van der Waals surface area contributed by atoms with E-state index in [4.69, 9.17) is 15.9 Å². The van der Waals surface area contributed by atoms with Gasteiger partial charge in [0.25, 0.3) is 5.69 Å². The van der Waals surface area contributed by atoms with E-state index in [-0.39, 0.29) is 17.4 Å². The molecule has 2 aromatic rings. The van der Waals surface area contributed by atoms with Gasteiger partial charge in [0.2, 0.25) is 5.88 Å². The molecule has 0 radical (unpaired) electrons. The Morgan fingerprint density at radius 2 is 2.10 bits per heavy atom. The zero-order chi connectivity index (χ0) is 15.6. The van der Waals surface area contributed by atoms with Crippen LogP contribution >= 0.6 is 0 Å². The van der Waals surface area contributed by atoms with Crippen LogP contribution in [0.2, 0.25) is 0 Å². The van der Waals surface area contributed by atoms with Crippen LogP contribution in [0.5, 0.6) is 11.6 Å². The van der Waals surface area contributed by atoms with Crippen molar-refractivity contribution in [1.82, 2.24) is 4.98 Å². The molecule has 7 nitrogen and oxygen atoms in total. The number of aromatic nitrogens is 1. The van der Waals surface area contributed by atoms with Crippen LogP contribution in [0.4, 0.5) is 5.69 Å². The van der Waals surface area contributed by atoms with E-state index in [0.717, 1.165) is 0 Å². The lowest BCUT2D eigenvalue weighted by Crippen LogP contribution is -2.13. The Labute approximate surface area is 121 Å². The highest BCUT2D eigenvalue weighted by molar-refractivity contribution is 5.97. The standard InChI is InChI=1S/C14H14N4O3/c1-8-7-12(9(2)6-11(8)18(19)20)21-14-10(13(15)16)4-3-5-17-14/h3-7H,1-2H3,(H3,15,16). The van der Waals surface area contributed by atoms with E-state index >= 15 is 0 Å². The van der Waals surface area contributed by atoms with Crippen molar-refractivity contribution < 1.29 is 9.66 Å². The molecule has 1 heterocycles. The van der Waals surface area contributed by atoms with E-state index in [1.807, 2.05) is 0 Å². The first-order valence-corrected chi connectivity index (χ1v) is 6.13. The third-order valence-electron chi connectivity index (χ3n) is 2.96. The largest absolute Gasteiger partial charge is 0.438 e. The van der Waals surface area contributed by atoms with Crippen molar-refractivity contribution in [3.8, 4) is 11.6 Å². The minimum atomic E-state index is -0.437. The van der Waals surface area contributed by atoms with Crippen LogP contribution < -0.4 is 10.5 Å². The molecule has 0 spiro atoms. The number of ether oxygens (including phenoxy) is 1. The smallest absolute Gasteiger partial charge is 0.272 e. The molecule has 2 rings (SSSR count). The van der Waals surface area contributed by atoms with E-state index < -0.39 is 4.92 Å². The van der Waals surface area contributed by atoms with Gasteiger partial charge in [0.05, 0.1) is 10.5 Å². The summed E-state index contributed by atoms with van der Waals surface area (Å²) in [7, 11) is 0. The summed E-state index contributed by atoms with van der Waals surface area (Å²) in [6, 6.07) is 6.29. The Hall–Kier alpha value is -2.96. The molecule has 1 aromatic carbocycles. The number of rotatable bonds is 4.